The molecule has 1 aromatic heterocycles. The van der Waals surface area contributed by atoms with E-state index in [1.165, 1.54) is 0 Å². The van der Waals surface area contributed by atoms with Crippen LogP contribution in [0.25, 0.3) is 5.69 Å². The summed E-state index contributed by atoms with van der Waals surface area (Å²) < 4.78 is 1.60. The fourth-order valence-corrected chi connectivity index (χ4v) is 1.83. The first-order chi connectivity index (χ1) is 8.33. The van der Waals surface area contributed by atoms with E-state index in [1.807, 2.05) is 18.2 Å². The molecule has 1 aliphatic heterocycles. The van der Waals surface area contributed by atoms with Crippen molar-refractivity contribution in [1.82, 2.24) is 25.5 Å². The molecule has 3 rings (SSSR count). The lowest BCUT2D eigenvalue weighted by Gasteiger charge is -2.29. The van der Waals surface area contributed by atoms with Crippen LogP contribution in [0, 0.1) is 0 Å². The van der Waals surface area contributed by atoms with Crippen LogP contribution in [0.3, 0.4) is 0 Å². The molecule has 1 saturated heterocycles. The number of hydrogen-bond donors (Lipinski definition) is 2. The van der Waals surface area contributed by atoms with Gasteiger partial charge in [-0.15, -0.1) is 5.10 Å². The average molecular weight is 251 g/mol. The predicted octanol–water partition coefficient (Wildman–Crippen LogP) is 0.699. The molecular weight excluding hydrogens is 240 g/mol. The molecule has 1 aromatic carbocycles. The van der Waals surface area contributed by atoms with E-state index in [0.717, 1.165) is 24.5 Å². The minimum absolute atomic E-state index is 0.441. The van der Waals surface area contributed by atoms with Crippen molar-refractivity contribution in [3.63, 3.8) is 0 Å². The van der Waals surface area contributed by atoms with E-state index in [1.54, 1.807) is 11.0 Å². The van der Waals surface area contributed by atoms with E-state index < -0.39 is 0 Å². The maximum atomic E-state index is 6.14. The second kappa shape index (κ2) is 4.31. The summed E-state index contributed by atoms with van der Waals surface area (Å²) in [5.41, 5.74) is 1.79. The maximum Gasteiger partial charge on any atom is 0.143 e. The lowest BCUT2D eigenvalue weighted by Crippen LogP contribution is -2.51. The largest absolute Gasteiger partial charge is 0.378 e. The van der Waals surface area contributed by atoms with Crippen LogP contribution in [0.2, 0.25) is 5.02 Å². The minimum atomic E-state index is 0.441. The van der Waals surface area contributed by atoms with Crippen molar-refractivity contribution >= 4 is 17.3 Å². The van der Waals surface area contributed by atoms with Gasteiger partial charge in [0.1, 0.15) is 6.33 Å². The van der Waals surface area contributed by atoms with E-state index in [9.17, 15) is 0 Å². The summed E-state index contributed by atoms with van der Waals surface area (Å²) >= 11 is 6.14. The predicted molar refractivity (Wildman–Crippen MR) is 64.4 cm³/mol. The van der Waals surface area contributed by atoms with Gasteiger partial charge in [-0.3, -0.25) is 0 Å². The fourth-order valence-electron chi connectivity index (χ4n) is 1.66. The Kier molecular flexibility index (Phi) is 2.66. The molecule has 0 radical (unpaired) electrons. The van der Waals surface area contributed by atoms with Crippen molar-refractivity contribution in [3.8, 4) is 5.69 Å². The van der Waals surface area contributed by atoms with Gasteiger partial charge >= 0.3 is 0 Å². The topological polar surface area (TPSA) is 67.7 Å². The van der Waals surface area contributed by atoms with E-state index in [2.05, 4.69) is 26.2 Å². The zero-order chi connectivity index (χ0) is 11.7. The first-order valence-corrected chi connectivity index (χ1v) is 5.71. The van der Waals surface area contributed by atoms with E-state index in [-0.39, 0.29) is 0 Å². The van der Waals surface area contributed by atoms with Gasteiger partial charge in [0.2, 0.25) is 0 Å². The summed E-state index contributed by atoms with van der Waals surface area (Å²) in [7, 11) is 0. The molecule has 0 spiro atoms. The molecule has 0 saturated carbocycles. The molecule has 0 aliphatic carbocycles. The Bertz CT molecular complexity index is 508. The SMILES string of the molecule is Clc1ccc(-n2cnnn2)cc1NC1CNC1. The number of tetrazole rings is 1. The highest BCUT2D eigenvalue weighted by molar-refractivity contribution is 6.33. The first kappa shape index (κ1) is 10.5. The number of halogens is 1. The summed E-state index contributed by atoms with van der Waals surface area (Å²) in [4.78, 5) is 0. The lowest BCUT2D eigenvalue weighted by atomic mass is 10.1. The van der Waals surface area contributed by atoms with Crippen LogP contribution in [0.1, 0.15) is 0 Å². The number of aromatic nitrogens is 4. The van der Waals surface area contributed by atoms with Gasteiger partial charge in [-0.05, 0) is 28.6 Å². The molecule has 7 heteroatoms. The van der Waals surface area contributed by atoms with Crippen molar-refractivity contribution in [2.75, 3.05) is 18.4 Å². The zero-order valence-corrected chi connectivity index (χ0v) is 9.72. The normalized spacial score (nSPS) is 15.6. The number of rotatable bonds is 3. The molecule has 1 fully saturated rings. The van der Waals surface area contributed by atoms with E-state index >= 15 is 0 Å². The Morgan fingerprint density at radius 2 is 2.29 bits per heavy atom. The molecule has 0 bridgehead atoms. The smallest absolute Gasteiger partial charge is 0.143 e. The van der Waals surface area contributed by atoms with Gasteiger partial charge in [-0.1, -0.05) is 11.6 Å². The number of benzene rings is 1. The van der Waals surface area contributed by atoms with Gasteiger partial charge < -0.3 is 10.6 Å². The van der Waals surface area contributed by atoms with Gasteiger partial charge in [0.25, 0.3) is 0 Å². The fraction of sp³-hybridized carbons (Fsp3) is 0.300. The zero-order valence-electron chi connectivity index (χ0n) is 8.97. The number of nitrogens with one attached hydrogen (secondary N) is 2. The Morgan fingerprint density at radius 3 is 2.94 bits per heavy atom. The second-order valence-corrected chi connectivity index (χ2v) is 4.33. The molecule has 0 unspecified atom stereocenters. The van der Waals surface area contributed by atoms with Crippen molar-refractivity contribution in [1.29, 1.82) is 0 Å². The van der Waals surface area contributed by atoms with Crippen molar-refractivity contribution < 1.29 is 0 Å². The highest BCUT2D eigenvalue weighted by Crippen LogP contribution is 2.25. The Balaban J connectivity index is 1.89. The van der Waals surface area contributed by atoms with Crippen LogP contribution in [-0.2, 0) is 0 Å². The Hall–Kier alpha value is -1.66. The molecule has 88 valence electrons. The summed E-state index contributed by atoms with van der Waals surface area (Å²) in [5.74, 6) is 0. The van der Waals surface area contributed by atoms with E-state index in [4.69, 9.17) is 11.6 Å². The standard InChI is InChI=1S/C10H11ClN6/c11-9-2-1-8(17-6-13-15-16-17)3-10(9)14-7-4-12-5-7/h1-3,6-7,12,14H,4-5H2. The molecule has 2 aromatic rings. The third-order valence-electron chi connectivity index (χ3n) is 2.70. The first-order valence-electron chi connectivity index (χ1n) is 5.33. The molecule has 2 heterocycles. The van der Waals surface area contributed by atoms with Crippen molar-refractivity contribution in [2.45, 2.75) is 6.04 Å². The van der Waals surface area contributed by atoms with E-state index in [0.29, 0.717) is 11.1 Å². The molecule has 17 heavy (non-hydrogen) atoms. The summed E-state index contributed by atoms with van der Waals surface area (Å²) in [6.45, 7) is 1.93. The van der Waals surface area contributed by atoms with Crippen LogP contribution in [-0.4, -0.2) is 39.3 Å². The number of anilines is 1. The molecule has 0 atom stereocenters. The van der Waals surface area contributed by atoms with Crippen LogP contribution in [0.5, 0.6) is 0 Å². The summed E-state index contributed by atoms with van der Waals surface area (Å²) in [6.07, 6.45) is 1.55. The van der Waals surface area contributed by atoms with Crippen LogP contribution < -0.4 is 10.6 Å². The van der Waals surface area contributed by atoms with Crippen molar-refractivity contribution in [2.24, 2.45) is 0 Å². The molecular formula is C10H11ClN6. The van der Waals surface area contributed by atoms with Crippen LogP contribution in [0.4, 0.5) is 5.69 Å². The van der Waals surface area contributed by atoms with Crippen LogP contribution in [0.15, 0.2) is 24.5 Å². The highest BCUT2D eigenvalue weighted by atomic mass is 35.5. The third kappa shape index (κ3) is 2.09. The average Bonchev–Trinajstić information content (AvgIpc) is 2.79. The maximum absolute atomic E-state index is 6.14. The van der Waals surface area contributed by atoms with Crippen molar-refractivity contribution in [3.05, 3.63) is 29.5 Å². The summed E-state index contributed by atoms with van der Waals surface area (Å²) in [6, 6.07) is 6.10. The molecule has 2 N–H and O–H groups in total. The van der Waals surface area contributed by atoms with Gasteiger partial charge in [0.05, 0.1) is 22.4 Å². The second-order valence-electron chi connectivity index (χ2n) is 3.92. The molecule has 6 nitrogen and oxygen atoms in total. The Morgan fingerprint density at radius 1 is 1.41 bits per heavy atom. The highest BCUT2D eigenvalue weighted by Gasteiger charge is 2.17. The van der Waals surface area contributed by atoms with Gasteiger partial charge in [-0.25, -0.2) is 4.68 Å². The minimum Gasteiger partial charge on any atom is -0.378 e. The summed E-state index contributed by atoms with van der Waals surface area (Å²) in [5, 5.41) is 18.3. The number of nitrogens with zero attached hydrogens (tertiary/aromatic N) is 4. The van der Waals surface area contributed by atoms with Gasteiger partial charge in [-0.2, -0.15) is 0 Å². The molecule has 1 aliphatic rings. The molecule has 0 amide bonds. The van der Waals surface area contributed by atoms with Crippen LogP contribution >= 0.6 is 11.6 Å². The third-order valence-corrected chi connectivity index (χ3v) is 3.03. The lowest BCUT2D eigenvalue weighted by molar-refractivity contribution is 0.472. The monoisotopic (exact) mass is 250 g/mol. The Labute approximate surface area is 103 Å². The van der Waals surface area contributed by atoms with Gasteiger partial charge in [0, 0.05) is 13.1 Å². The number of hydrogen-bond acceptors (Lipinski definition) is 5. The van der Waals surface area contributed by atoms with Gasteiger partial charge in [0.15, 0.2) is 0 Å². The quantitative estimate of drug-likeness (QED) is 0.839.